The van der Waals surface area contributed by atoms with Crippen molar-refractivity contribution in [2.45, 2.75) is 45.6 Å². The van der Waals surface area contributed by atoms with Gasteiger partial charge < -0.3 is 14.7 Å². The average molecular weight is 358 g/mol. The van der Waals surface area contributed by atoms with Crippen molar-refractivity contribution in [2.24, 2.45) is 4.99 Å². The number of aromatic nitrogens is 2. The Morgan fingerprint density at radius 2 is 2.09 bits per heavy atom. The van der Waals surface area contributed by atoms with Gasteiger partial charge in [-0.15, -0.1) is 11.8 Å². The molecule has 0 bridgehead atoms. The third-order valence-electron chi connectivity index (χ3n) is 2.80. The third kappa shape index (κ3) is 5.03. The lowest BCUT2D eigenvalue weighted by atomic mass is 10.2. The second kappa shape index (κ2) is 7.06. The molecule has 8 heteroatoms. The van der Waals surface area contributed by atoms with Crippen molar-refractivity contribution in [1.29, 1.82) is 0 Å². The second-order valence-corrected chi connectivity index (χ2v) is 7.94. The maximum absolute atomic E-state index is 11.6. The molecule has 0 saturated carbocycles. The molecule has 0 aliphatic carbocycles. The summed E-state index contributed by atoms with van der Waals surface area (Å²) >= 11 is 11.9. The smallest absolute Gasteiger partial charge is 0.306 e. The molecule has 2 rings (SSSR count). The van der Waals surface area contributed by atoms with Crippen LogP contribution in [0.3, 0.4) is 0 Å². The molecule has 0 saturated heterocycles. The number of H-pyrrole nitrogens is 2. The summed E-state index contributed by atoms with van der Waals surface area (Å²) < 4.78 is 6.41. The number of hydrogen-bond donors (Lipinski definition) is 2. The molecule has 1 aliphatic heterocycles. The lowest BCUT2D eigenvalue weighted by molar-refractivity contribution is -0.154. The fraction of sp³-hybridized carbons (Fsp3) is 0.571. The van der Waals surface area contributed by atoms with E-state index in [-0.39, 0.29) is 5.97 Å². The van der Waals surface area contributed by atoms with Crippen molar-refractivity contribution in [3.63, 3.8) is 0 Å². The van der Waals surface area contributed by atoms with Crippen molar-refractivity contribution < 1.29 is 9.53 Å². The van der Waals surface area contributed by atoms with E-state index in [1.165, 1.54) is 0 Å². The van der Waals surface area contributed by atoms with Gasteiger partial charge >= 0.3 is 5.97 Å². The van der Waals surface area contributed by atoms with Crippen LogP contribution < -0.4 is 0 Å². The standard InChI is InChI=1S/C14H19N3O2S3/c1-14(2,3)19-10(18)5-4-6-22-9-7-8-11(15-9)16-13(21)17-12(8)20/h4-7H2,1-3H3,(H2,16,17,20,21). The average Bonchev–Trinajstić information content (AvgIpc) is 2.75. The van der Waals surface area contributed by atoms with Crippen LogP contribution in [-0.4, -0.2) is 32.3 Å². The largest absolute Gasteiger partial charge is 0.460 e. The van der Waals surface area contributed by atoms with E-state index in [1.807, 2.05) is 20.8 Å². The van der Waals surface area contributed by atoms with Crippen LogP contribution in [0.15, 0.2) is 4.99 Å². The Morgan fingerprint density at radius 1 is 1.36 bits per heavy atom. The highest BCUT2D eigenvalue weighted by Gasteiger charge is 2.18. The number of carbonyl (C=O) groups excluding carboxylic acids is 1. The van der Waals surface area contributed by atoms with Gasteiger partial charge in [0.1, 0.15) is 16.1 Å². The molecule has 22 heavy (non-hydrogen) atoms. The van der Waals surface area contributed by atoms with Gasteiger partial charge in [-0.05, 0) is 45.2 Å². The predicted octanol–water partition coefficient (Wildman–Crippen LogP) is 4.24. The molecule has 2 N–H and O–H groups in total. The van der Waals surface area contributed by atoms with Crippen LogP contribution >= 0.6 is 36.2 Å². The number of nitrogens with one attached hydrogen (secondary N) is 2. The fourth-order valence-electron chi connectivity index (χ4n) is 1.96. The van der Waals surface area contributed by atoms with Gasteiger partial charge in [-0.3, -0.25) is 4.79 Å². The molecule has 1 aromatic rings. The first-order chi connectivity index (χ1) is 10.2. The molecule has 0 unspecified atom stereocenters. The first-order valence-electron chi connectivity index (χ1n) is 7.02. The maximum Gasteiger partial charge on any atom is 0.306 e. The predicted molar refractivity (Wildman–Crippen MR) is 95.1 cm³/mol. The van der Waals surface area contributed by atoms with Crippen LogP contribution in [0, 0.1) is 9.41 Å². The molecule has 1 aromatic heterocycles. The van der Waals surface area contributed by atoms with Crippen molar-refractivity contribution in [2.75, 3.05) is 5.75 Å². The number of hydrogen-bond acceptors (Lipinski definition) is 6. The van der Waals surface area contributed by atoms with Gasteiger partial charge in [0, 0.05) is 18.4 Å². The zero-order chi connectivity index (χ0) is 16.3. The summed E-state index contributed by atoms with van der Waals surface area (Å²) in [6, 6.07) is 0. The van der Waals surface area contributed by atoms with Gasteiger partial charge in [-0.1, -0.05) is 12.2 Å². The van der Waals surface area contributed by atoms with E-state index in [4.69, 9.17) is 29.2 Å². The number of rotatable bonds is 4. The summed E-state index contributed by atoms with van der Waals surface area (Å²) in [6.45, 7) is 5.62. The summed E-state index contributed by atoms with van der Waals surface area (Å²) in [5.74, 6) is 1.42. The Hall–Kier alpha value is -0.990. The number of aromatic amines is 2. The summed E-state index contributed by atoms with van der Waals surface area (Å²) in [7, 11) is 0. The van der Waals surface area contributed by atoms with Gasteiger partial charge in [-0.25, -0.2) is 4.99 Å². The zero-order valence-electron chi connectivity index (χ0n) is 12.8. The number of fused-ring (bicyclic) bond motifs is 1. The molecule has 0 fully saturated rings. The highest BCUT2D eigenvalue weighted by molar-refractivity contribution is 8.14. The van der Waals surface area contributed by atoms with Gasteiger partial charge in [-0.2, -0.15) is 0 Å². The molecule has 0 aromatic carbocycles. The molecular weight excluding hydrogens is 338 g/mol. The Morgan fingerprint density at radius 3 is 2.77 bits per heavy atom. The number of carbonyl (C=O) groups is 1. The van der Waals surface area contributed by atoms with Gasteiger partial charge in [0.05, 0.1) is 5.04 Å². The summed E-state index contributed by atoms with van der Waals surface area (Å²) in [5, 5.41) is 0.996. The van der Waals surface area contributed by atoms with Crippen LogP contribution in [0.1, 0.15) is 39.2 Å². The van der Waals surface area contributed by atoms with Crippen molar-refractivity contribution in [3.05, 3.63) is 15.0 Å². The van der Waals surface area contributed by atoms with Gasteiger partial charge in [0.15, 0.2) is 4.77 Å². The van der Waals surface area contributed by atoms with E-state index in [0.29, 0.717) is 22.3 Å². The molecule has 120 valence electrons. The minimum atomic E-state index is -0.421. The Kier molecular flexibility index (Phi) is 5.57. The van der Waals surface area contributed by atoms with Crippen LogP contribution in [0.2, 0.25) is 0 Å². The number of thioether (sulfide) groups is 1. The molecule has 0 atom stereocenters. The molecule has 0 radical (unpaired) electrons. The van der Waals surface area contributed by atoms with E-state index in [2.05, 4.69) is 15.0 Å². The third-order valence-corrected chi connectivity index (χ3v) is 4.41. The van der Waals surface area contributed by atoms with E-state index in [1.54, 1.807) is 11.8 Å². The highest BCUT2D eigenvalue weighted by atomic mass is 32.2. The monoisotopic (exact) mass is 357 g/mol. The Bertz CT molecular complexity index is 713. The van der Waals surface area contributed by atoms with Crippen LogP contribution in [0.4, 0.5) is 5.82 Å². The molecule has 0 spiro atoms. The highest BCUT2D eigenvalue weighted by Crippen LogP contribution is 2.28. The molecule has 2 heterocycles. The Balaban J connectivity index is 1.79. The van der Waals surface area contributed by atoms with Gasteiger partial charge in [0.2, 0.25) is 0 Å². The lowest BCUT2D eigenvalue weighted by Gasteiger charge is -2.19. The summed E-state index contributed by atoms with van der Waals surface area (Å²) in [4.78, 5) is 22.1. The molecule has 5 nitrogen and oxygen atoms in total. The normalized spacial score (nSPS) is 13.7. The quantitative estimate of drug-likeness (QED) is 0.479. The fourth-order valence-corrected chi connectivity index (χ4v) is 3.42. The van der Waals surface area contributed by atoms with Crippen molar-refractivity contribution >= 4 is 53.0 Å². The van der Waals surface area contributed by atoms with E-state index in [0.717, 1.165) is 28.6 Å². The number of nitrogens with zero attached hydrogens (tertiary/aromatic N) is 1. The first kappa shape index (κ1) is 17.4. The molecule has 0 amide bonds. The van der Waals surface area contributed by atoms with Crippen LogP contribution in [-0.2, 0) is 16.0 Å². The topological polar surface area (TPSA) is 70.2 Å². The van der Waals surface area contributed by atoms with E-state index < -0.39 is 5.60 Å². The van der Waals surface area contributed by atoms with E-state index in [9.17, 15) is 4.79 Å². The van der Waals surface area contributed by atoms with Crippen molar-refractivity contribution in [1.82, 2.24) is 9.97 Å². The SMILES string of the molecule is CC(C)(C)OC(=O)CCCSC1=Nc2[nH]c(=S)[nH]c(=S)c2C1. The zero-order valence-corrected chi connectivity index (χ0v) is 15.3. The number of aliphatic imine (C=N–C) groups is 1. The maximum atomic E-state index is 11.6. The van der Waals surface area contributed by atoms with E-state index >= 15 is 0 Å². The molecule has 1 aliphatic rings. The minimum Gasteiger partial charge on any atom is -0.460 e. The minimum absolute atomic E-state index is 0.156. The number of esters is 1. The van der Waals surface area contributed by atoms with Crippen LogP contribution in [0.25, 0.3) is 0 Å². The number of ether oxygens (including phenoxy) is 1. The van der Waals surface area contributed by atoms with Crippen LogP contribution in [0.5, 0.6) is 0 Å². The van der Waals surface area contributed by atoms with Crippen molar-refractivity contribution in [3.8, 4) is 0 Å². The first-order valence-corrected chi connectivity index (χ1v) is 8.82. The Labute approximate surface area is 144 Å². The van der Waals surface area contributed by atoms with Gasteiger partial charge in [0.25, 0.3) is 0 Å². The lowest BCUT2D eigenvalue weighted by Crippen LogP contribution is -2.23. The molecular formula is C14H19N3O2S3. The summed E-state index contributed by atoms with van der Waals surface area (Å²) in [6.07, 6.45) is 1.90. The summed E-state index contributed by atoms with van der Waals surface area (Å²) in [5.41, 5.74) is 0.563. The second-order valence-electron chi connectivity index (χ2n) is 5.96.